The third kappa shape index (κ3) is 3.70. The van der Waals surface area contributed by atoms with E-state index < -0.39 is 12.1 Å². The van der Waals surface area contributed by atoms with E-state index in [1.807, 2.05) is 24.3 Å². The van der Waals surface area contributed by atoms with Crippen LogP contribution in [0, 0.1) is 0 Å². The Labute approximate surface area is 152 Å². The molecule has 0 aliphatic heterocycles. The molecule has 0 aromatic heterocycles. The van der Waals surface area contributed by atoms with Crippen LogP contribution in [-0.4, -0.2) is 48.3 Å². The van der Waals surface area contributed by atoms with Gasteiger partial charge in [0.25, 0.3) is 0 Å². The summed E-state index contributed by atoms with van der Waals surface area (Å²) in [5.41, 5.74) is 10.1. The first-order valence-corrected chi connectivity index (χ1v) is 8.63. The molecule has 1 aliphatic carbocycles. The molecule has 2 aromatic rings. The highest BCUT2D eigenvalue weighted by Gasteiger charge is 2.29. The fourth-order valence-corrected chi connectivity index (χ4v) is 3.37. The number of rotatable bonds is 7. The molecule has 1 aliphatic rings. The maximum atomic E-state index is 12.4. The molecule has 0 unspecified atom stereocenters. The molecule has 6 heteroatoms. The number of carboxylic acid groups (broad SMARTS) is 1. The predicted octanol–water partition coefficient (Wildman–Crippen LogP) is 2.67. The monoisotopic (exact) mass is 354 g/mol. The van der Waals surface area contributed by atoms with Crippen LogP contribution in [0.4, 0.5) is 4.79 Å². The molecule has 1 amide bonds. The van der Waals surface area contributed by atoms with Gasteiger partial charge in [-0.25, -0.2) is 4.79 Å². The zero-order valence-electron chi connectivity index (χ0n) is 14.4. The van der Waals surface area contributed by atoms with E-state index in [2.05, 4.69) is 24.3 Å². The molecule has 0 atom stereocenters. The first-order chi connectivity index (χ1) is 12.6. The molecule has 0 radical (unpaired) electrons. The van der Waals surface area contributed by atoms with E-state index in [0.29, 0.717) is 0 Å². The second-order valence-electron chi connectivity index (χ2n) is 6.22. The third-order valence-electron chi connectivity index (χ3n) is 4.59. The van der Waals surface area contributed by atoms with Gasteiger partial charge in [-0.3, -0.25) is 4.79 Å². The molecule has 0 saturated carbocycles. The lowest BCUT2D eigenvalue weighted by molar-refractivity contribution is -0.137. The van der Waals surface area contributed by atoms with Crippen LogP contribution in [0.15, 0.2) is 48.5 Å². The number of ether oxygens (including phenoxy) is 1. The Morgan fingerprint density at radius 1 is 1.00 bits per heavy atom. The van der Waals surface area contributed by atoms with Gasteiger partial charge in [-0.15, -0.1) is 0 Å². The Balaban J connectivity index is 1.72. The van der Waals surface area contributed by atoms with Crippen LogP contribution < -0.4 is 5.73 Å². The Morgan fingerprint density at radius 3 is 2.12 bits per heavy atom. The highest BCUT2D eigenvalue weighted by atomic mass is 16.6. The highest BCUT2D eigenvalue weighted by molar-refractivity contribution is 5.79. The van der Waals surface area contributed by atoms with Crippen LogP contribution in [0.2, 0.25) is 0 Å². The van der Waals surface area contributed by atoms with Crippen LogP contribution in [0.3, 0.4) is 0 Å². The molecule has 136 valence electrons. The van der Waals surface area contributed by atoms with Gasteiger partial charge in [0.15, 0.2) is 0 Å². The number of carbonyl (C=O) groups is 2. The zero-order valence-corrected chi connectivity index (χ0v) is 14.4. The number of hydrogen-bond acceptors (Lipinski definition) is 4. The van der Waals surface area contributed by atoms with Crippen LogP contribution in [0.1, 0.15) is 23.5 Å². The third-order valence-corrected chi connectivity index (χ3v) is 4.59. The quantitative estimate of drug-likeness (QED) is 0.797. The molecule has 6 nitrogen and oxygen atoms in total. The van der Waals surface area contributed by atoms with Crippen molar-refractivity contribution in [3.63, 3.8) is 0 Å². The number of carboxylic acids is 1. The minimum atomic E-state index is -0.960. The zero-order chi connectivity index (χ0) is 18.5. The van der Waals surface area contributed by atoms with E-state index in [1.165, 1.54) is 4.90 Å². The Kier molecular flexibility index (Phi) is 5.53. The SMILES string of the molecule is NCCN(CCC(=O)O)C(=O)OCC1c2ccccc2-c2ccccc21. The van der Waals surface area contributed by atoms with Crippen molar-refractivity contribution in [3.8, 4) is 11.1 Å². The van der Waals surface area contributed by atoms with Gasteiger partial charge in [0.2, 0.25) is 0 Å². The topological polar surface area (TPSA) is 92.9 Å². The predicted molar refractivity (Wildman–Crippen MR) is 97.9 cm³/mol. The average molecular weight is 354 g/mol. The molecule has 0 fully saturated rings. The van der Waals surface area contributed by atoms with Crippen LogP contribution in [0.25, 0.3) is 11.1 Å². The number of amides is 1. The van der Waals surface area contributed by atoms with E-state index >= 15 is 0 Å². The maximum Gasteiger partial charge on any atom is 0.409 e. The van der Waals surface area contributed by atoms with E-state index in [9.17, 15) is 9.59 Å². The standard InChI is InChI=1S/C20H22N2O4/c21-10-12-22(11-9-19(23)24)20(25)26-13-18-16-7-3-1-5-14(16)15-6-2-4-8-17(15)18/h1-8,18H,9-13,21H2,(H,23,24). The summed E-state index contributed by atoms with van der Waals surface area (Å²) in [4.78, 5) is 24.5. The van der Waals surface area contributed by atoms with E-state index in [-0.39, 0.29) is 38.6 Å². The van der Waals surface area contributed by atoms with Crippen molar-refractivity contribution in [2.45, 2.75) is 12.3 Å². The summed E-state index contributed by atoms with van der Waals surface area (Å²) < 4.78 is 5.53. The second-order valence-corrected chi connectivity index (χ2v) is 6.22. The summed E-state index contributed by atoms with van der Waals surface area (Å²) in [6.45, 7) is 0.817. The number of carbonyl (C=O) groups excluding carboxylic acids is 1. The van der Waals surface area contributed by atoms with Gasteiger partial charge in [-0.1, -0.05) is 48.5 Å². The average Bonchev–Trinajstić information content (AvgIpc) is 2.97. The lowest BCUT2D eigenvalue weighted by Gasteiger charge is -2.22. The van der Waals surface area contributed by atoms with Crippen molar-refractivity contribution in [2.75, 3.05) is 26.2 Å². The lowest BCUT2D eigenvalue weighted by Crippen LogP contribution is -2.37. The van der Waals surface area contributed by atoms with Crippen molar-refractivity contribution >= 4 is 12.1 Å². The van der Waals surface area contributed by atoms with Crippen molar-refractivity contribution in [1.29, 1.82) is 0 Å². The first kappa shape index (κ1) is 17.9. The number of nitrogens with zero attached hydrogens (tertiary/aromatic N) is 1. The molecule has 0 heterocycles. The lowest BCUT2D eigenvalue weighted by atomic mass is 9.98. The van der Waals surface area contributed by atoms with Gasteiger partial charge in [-0.05, 0) is 22.3 Å². The molecule has 0 spiro atoms. The van der Waals surface area contributed by atoms with Crippen molar-refractivity contribution in [3.05, 3.63) is 59.7 Å². The molecule has 2 aromatic carbocycles. The van der Waals surface area contributed by atoms with Gasteiger partial charge in [0.1, 0.15) is 6.61 Å². The first-order valence-electron chi connectivity index (χ1n) is 8.63. The van der Waals surface area contributed by atoms with E-state index in [4.69, 9.17) is 15.6 Å². The molecule has 3 N–H and O–H groups in total. The molecular formula is C20H22N2O4. The largest absolute Gasteiger partial charge is 0.481 e. The summed E-state index contributed by atoms with van der Waals surface area (Å²) >= 11 is 0. The number of nitrogens with two attached hydrogens (primary N) is 1. The number of hydrogen-bond donors (Lipinski definition) is 2. The van der Waals surface area contributed by atoms with Gasteiger partial charge in [0.05, 0.1) is 6.42 Å². The fraction of sp³-hybridized carbons (Fsp3) is 0.300. The van der Waals surface area contributed by atoms with Gasteiger partial charge >= 0.3 is 12.1 Å². The molecule has 0 saturated heterocycles. The van der Waals surface area contributed by atoms with Crippen molar-refractivity contribution in [2.24, 2.45) is 5.73 Å². The minimum absolute atomic E-state index is 0.0226. The Bertz CT molecular complexity index is 760. The second kappa shape index (κ2) is 8.01. The summed E-state index contributed by atoms with van der Waals surface area (Å²) in [7, 11) is 0. The summed E-state index contributed by atoms with van der Waals surface area (Å²) in [5, 5.41) is 8.82. The smallest absolute Gasteiger partial charge is 0.409 e. The van der Waals surface area contributed by atoms with Crippen molar-refractivity contribution < 1.29 is 19.4 Å². The van der Waals surface area contributed by atoms with Crippen LogP contribution in [0.5, 0.6) is 0 Å². The Morgan fingerprint density at radius 2 is 1.58 bits per heavy atom. The number of benzene rings is 2. The van der Waals surface area contributed by atoms with Gasteiger partial charge in [0, 0.05) is 25.6 Å². The van der Waals surface area contributed by atoms with Gasteiger partial charge in [-0.2, -0.15) is 0 Å². The molecular weight excluding hydrogens is 332 g/mol. The minimum Gasteiger partial charge on any atom is -0.481 e. The van der Waals surface area contributed by atoms with Crippen molar-refractivity contribution in [1.82, 2.24) is 4.90 Å². The van der Waals surface area contributed by atoms with E-state index in [1.54, 1.807) is 0 Å². The number of aliphatic carboxylic acids is 1. The fourth-order valence-electron chi connectivity index (χ4n) is 3.37. The molecule has 26 heavy (non-hydrogen) atoms. The molecule has 0 bridgehead atoms. The van der Waals surface area contributed by atoms with E-state index in [0.717, 1.165) is 22.3 Å². The molecule has 3 rings (SSSR count). The summed E-state index contributed by atoms with van der Waals surface area (Å²) in [6.07, 6.45) is -0.664. The maximum absolute atomic E-state index is 12.4. The highest BCUT2D eigenvalue weighted by Crippen LogP contribution is 2.44. The normalized spacial score (nSPS) is 12.3. The van der Waals surface area contributed by atoms with Crippen LogP contribution in [-0.2, 0) is 9.53 Å². The number of fused-ring (bicyclic) bond motifs is 3. The van der Waals surface area contributed by atoms with Crippen LogP contribution >= 0.6 is 0 Å². The Hall–Kier alpha value is -2.86. The summed E-state index contributed by atoms with van der Waals surface area (Å²) in [5.74, 6) is -0.982. The summed E-state index contributed by atoms with van der Waals surface area (Å²) in [6, 6.07) is 16.2. The van der Waals surface area contributed by atoms with Gasteiger partial charge < -0.3 is 20.5 Å².